The molecule has 0 unspecified atom stereocenters. The highest BCUT2D eigenvalue weighted by atomic mass is 16.2. The zero-order valence-corrected chi connectivity index (χ0v) is 22.2. The Labute approximate surface area is 212 Å². The number of hydrogen-bond donors (Lipinski definition) is 1. The van der Waals surface area contributed by atoms with Gasteiger partial charge in [0.25, 0.3) is 11.5 Å². The lowest BCUT2D eigenvalue weighted by Crippen LogP contribution is -2.52. The van der Waals surface area contributed by atoms with Crippen molar-refractivity contribution in [2.24, 2.45) is 0 Å². The first-order valence-corrected chi connectivity index (χ1v) is 12.5. The van der Waals surface area contributed by atoms with Gasteiger partial charge in [-0.15, -0.1) is 0 Å². The number of allylic oxidation sites excluding steroid dienone is 1. The molecule has 0 radical (unpaired) electrons. The van der Waals surface area contributed by atoms with E-state index in [1.165, 1.54) is 11.6 Å². The SMILES string of the molecule is C=C/C=c1/c(=O)n(-c2ccc(C(=O)N(C)c3ccc(CC)cc3CCC)cc2)c(=O)[nH]/c1=C/C.CC. The topological polar surface area (TPSA) is 75.2 Å². The molecule has 36 heavy (non-hydrogen) atoms. The highest BCUT2D eigenvalue weighted by Crippen LogP contribution is 2.24. The smallest absolute Gasteiger partial charge is 0.311 e. The van der Waals surface area contributed by atoms with Crippen molar-refractivity contribution in [2.45, 2.75) is 53.9 Å². The number of aryl methyl sites for hydroxylation is 2. The van der Waals surface area contributed by atoms with Crippen LogP contribution in [-0.2, 0) is 12.8 Å². The third-order valence-electron chi connectivity index (χ3n) is 5.85. The summed E-state index contributed by atoms with van der Waals surface area (Å²) in [5.74, 6) is -0.161. The molecule has 1 aromatic heterocycles. The van der Waals surface area contributed by atoms with Crippen molar-refractivity contribution >= 4 is 23.7 Å². The number of aromatic nitrogens is 2. The van der Waals surface area contributed by atoms with E-state index >= 15 is 0 Å². The Morgan fingerprint density at radius 1 is 1.08 bits per heavy atom. The minimum Gasteiger partial charge on any atom is -0.311 e. The van der Waals surface area contributed by atoms with E-state index in [1.807, 2.05) is 19.9 Å². The summed E-state index contributed by atoms with van der Waals surface area (Å²) in [5.41, 5.74) is 3.12. The van der Waals surface area contributed by atoms with Crippen molar-refractivity contribution in [3.8, 4) is 5.69 Å². The first kappa shape index (κ1) is 28.3. The van der Waals surface area contributed by atoms with Crippen molar-refractivity contribution in [1.82, 2.24) is 9.55 Å². The summed E-state index contributed by atoms with van der Waals surface area (Å²) >= 11 is 0. The Morgan fingerprint density at radius 2 is 1.75 bits per heavy atom. The van der Waals surface area contributed by atoms with E-state index in [4.69, 9.17) is 0 Å². The first-order chi connectivity index (χ1) is 17.4. The van der Waals surface area contributed by atoms with E-state index in [0.29, 0.717) is 21.8 Å². The van der Waals surface area contributed by atoms with E-state index in [1.54, 1.807) is 55.3 Å². The zero-order valence-electron chi connectivity index (χ0n) is 22.2. The number of anilines is 1. The molecule has 1 amide bonds. The number of hydrogen-bond acceptors (Lipinski definition) is 3. The van der Waals surface area contributed by atoms with Crippen LogP contribution in [-0.4, -0.2) is 22.5 Å². The third kappa shape index (κ3) is 6.00. The number of nitrogens with one attached hydrogen (secondary N) is 1. The van der Waals surface area contributed by atoms with Gasteiger partial charge in [-0.2, -0.15) is 0 Å². The summed E-state index contributed by atoms with van der Waals surface area (Å²) in [6, 6.07) is 12.7. The molecule has 0 bridgehead atoms. The molecule has 6 nitrogen and oxygen atoms in total. The van der Waals surface area contributed by atoms with Crippen LogP contribution in [0.25, 0.3) is 17.8 Å². The molecule has 3 aromatic rings. The second-order valence-corrected chi connectivity index (χ2v) is 8.07. The fraction of sp³-hybridized carbons (Fsp3) is 0.300. The Kier molecular flexibility index (Phi) is 10.4. The molecular weight excluding hydrogens is 450 g/mol. The van der Waals surface area contributed by atoms with Gasteiger partial charge >= 0.3 is 5.69 Å². The molecule has 0 aliphatic rings. The van der Waals surface area contributed by atoms with Crippen molar-refractivity contribution in [2.75, 3.05) is 11.9 Å². The molecule has 6 heteroatoms. The van der Waals surface area contributed by atoms with Gasteiger partial charge in [-0.25, -0.2) is 9.36 Å². The van der Waals surface area contributed by atoms with E-state index in [-0.39, 0.29) is 5.91 Å². The fourth-order valence-electron chi connectivity index (χ4n) is 4.02. The normalized spacial score (nSPS) is 11.6. The number of carbonyl (C=O) groups is 1. The molecule has 1 N–H and O–H groups in total. The van der Waals surface area contributed by atoms with Gasteiger partial charge in [-0.3, -0.25) is 9.59 Å². The van der Waals surface area contributed by atoms with Crippen LogP contribution in [0.4, 0.5) is 5.69 Å². The first-order valence-electron chi connectivity index (χ1n) is 12.5. The van der Waals surface area contributed by atoms with Crippen LogP contribution in [0.2, 0.25) is 0 Å². The lowest BCUT2D eigenvalue weighted by atomic mass is 10.0. The van der Waals surface area contributed by atoms with Gasteiger partial charge in [0.1, 0.15) is 0 Å². The van der Waals surface area contributed by atoms with Gasteiger partial charge in [-0.1, -0.05) is 65.0 Å². The fourth-order valence-corrected chi connectivity index (χ4v) is 4.02. The Balaban J connectivity index is 0.00000222. The molecule has 1 heterocycles. The number of carbonyl (C=O) groups excluding carboxylic acids is 1. The Morgan fingerprint density at radius 3 is 2.31 bits per heavy atom. The van der Waals surface area contributed by atoms with Crippen molar-refractivity contribution in [1.29, 1.82) is 0 Å². The molecule has 0 saturated carbocycles. The lowest BCUT2D eigenvalue weighted by Gasteiger charge is -2.22. The van der Waals surface area contributed by atoms with Gasteiger partial charge in [0.05, 0.1) is 16.3 Å². The van der Waals surface area contributed by atoms with Crippen LogP contribution in [0.1, 0.15) is 62.5 Å². The van der Waals surface area contributed by atoms with Crippen molar-refractivity contribution in [3.63, 3.8) is 0 Å². The van der Waals surface area contributed by atoms with Gasteiger partial charge in [0.2, 0.25) is 0 Å². The van der Waals surface area contributed by atoms with E-state index in [0.717, 1.165) is 35.1 Å². The van der Waals surface area contributed by atoms with E-state index in [9.17, 15) is 14.4 Å². The molecule has 0 spiro atoms. The monoisotopic (exact) mass is 487 g/mol. The second-order valence-electron chi connectivity index (χ2n) is 8.07. The summed E-state index contributed by atoms with van der Waals surface area (Å²) in [4.78, 5) is 43.2. The maximum absolute atomic E-state index is 13.2. The molecule has 0 fully saturated rings. The molecule has 3 rings (SSSR count). The van der Waals surface area contributed by atoms with Crippen LogP contribution in [0, 0.1) is 0 Å². The molecule has 0 aliphatic carbocycles. The zero-order chi connectivity index (χ0) is 26.8. The highest BCUT2D eigenvalue weighted by Gasteiger charge is 2.17. The summed E-state index contributed by atoms with van der Waals surface area (Å²) in [6.45, 7) is 13.6. The predicted molar refractivity (Wildman–Crippen MR) is 151 cm³/mol. The number of amides is 1. The maximum Gasteiger partial charge on any atom is 0.333 e. The summed E-state index contributed by atoms with van der Waals surface area (Å²) in [6.07, 6.45) is 7.55. The van der Waals surface area contributed by atoms with Crippen LogP contribution < -0.4 is 26.7 Å². The van der Waals surface area contributed by atoms with Crippen LogP contribution >= 0.6 is 0 Å². The summed E-state index contributed by atoms with van der Waals surface area (Å²) in [5, 5.41) is 0.785. The standard InChI is InChI=1S/C28H31N3O3.C2H6/c1-6-10-21-18-19(8-3)12-17-25(21)30(5)26(32)20-13-15-22(16-14-20)31-27(33)23(11-7-2)24(9-4)29-28(31)34;1-2/h7,9,11-18H,2,6,8,10H2,1,3-5H3,(H,29,34);1-2H3/b23-11+,24-9+;. The van der Waals surface area contributed by atoms with Crippen molar-refractivity contribution in [3.05, 3.63) is 103 Å². The predicted octanol–water partition coefficient (Wildman–Crippen LogP) is 4.11. The van der Waals surface area contributed by atoms with Crippen LogP contribution in [0.15, 0.2) is 64.7 Å². The highest BCUT2D eigenvalue weighted by molar-refractivity contribution is 6.06. The second kappa shape index (κ2) is 13.2. The number of H-pyrrole nitrogens is 1. The average Bonchev–Trinajstić information content (AvgIpc) is 2.91. The van der Waals surface area contributed by atoms with E-state index < -0.39 is 11.2 Å². The molecule has 190 valence electrons. The molecule has 2 aromatic carbocycles. The average molecular weight is 488 g/mol. The Bertz CT molecular complexity index is 1440. The molecular formula is C30H37N3O3. The molecule has 0 aliphatic heterocycles. The number of benzene rings is 2. The third-order valence-corrected chi connectivity index (χ3v) is 5.85. The van der Waals surface area contributed by atoms with Crippen molar-refractivity contribution < 1.29 is 4.79 Å². The summed E-state index contributed by atoms with van der Waals surface area (Å²) < 4.78 is 1.06. The number of aromatic amines is 1. The lowest BCUT2D eigenvalue weighted by molar-refractivity contribution is 0.0993. The molecule has 0 atom stereocenters. The van der Waals surface area contributed by atoms with E-state index in [2.05, 4.69) is 37.5 Å². The summed E-state index contributed by atoms with van der Waals surface area (Å²) in [7, 11) is 1.77. The Hall–Kier alpha value is -3.93. The quantitative estimate of drug-likeness (QED) is 0.545. The van der Waals surface area contributed by atoms with Crippen LogP contribution in [0.3, 0.4) is 0 Å². The number of rotatable bonds is 7. The van der Waals surface area contributed by atoms with Gasteiger partial charge in [0, 0.05) is 18.3 Å². The van der Waals surface area contributed by atoms with Gasteiger partial charge < -0.3 is 9.88 Å². The minimum absolute atomic E-state index is 0.161. The molecule has 0 saturated heterocycles. The largest absolute Gasteiger partial charge is 0.333 e. The van der Waals surface area contributed by atoms with Crippen LogP contribution in [0.5, 0.6) is 0 Å². The maximum atomic E-state index is 13.2. The van der Waals surface area contributed by atoms with Gasteiger partial charge in [0.15, 0.2) is 0 Å². The minimum atomic E-state index is -0.546. The van der Waals surface area contributed by atoms with Gasteiger partial charge in [-0.05, 0) is 67.3 Å². The number of nitrogens with zero attached hydrogens (tertiary/aromatic N) is 2.